The van der Waals surface area contributed by atoms with Gasteiger partial charge in [-0.15, -0.1) is 0 Å². The van der Waals surface area contributed by atoms with Crippen molar-refractivity contribution in [1.29, 1.82) is 0 Å². The van der Waals surface area contributed by atoms with Crippen molar-refractivity contribution < 1.29 is 9.84 Å². The highest BCUT2D eigenvalue weighted by Gasteiger charge is 2.32. The fourth-order valence-corrected chi connectivity index (χ4v) is 2.94. The van der Waals surface area contributed by atoms with Crippen LogP contribution in [0.25, 0.3) is 0 Å². The molecule has 0 aromatic carbocycles. The minimum absolute atomic E-state index is 0.0542. The van der Waals surface area contributed by atoms with Crippen molar-refractivity contribution in [2.45, 2.75) is 105 Å². The standard InChI is InChI=1S/C12H17NO2S.C7H16.C4H10/c1-7-9(10(16)6-14)4-8-5-12(2,3)15-11(8)13-7;1-4-5-6-7(2)3;1-3-4-2/h4,10,14,16H,5-6H2,1-3H3;7H,4-6H2,1-3H3;3-4H2,1-2H3/p+1. The molecule has 3 nitrogen and oxygen atoms in total. The van der Waals surface area contributed by atoms with Crippen LogP contribution in [0.3, 0.4) is 0 Å². The number of hydrogen-bond acceptors (Lipinski definition) is 3. The summed E-state index contributed by atoms with van der Waals surface area (Å²) in [4.78, 5) is 4.46. The SMILES string of the molecule is CCCC.CCCCC(C)C.Cc1nc2c(cc1C(S)C[OH2+])CC(C)(C)O2. The third-order valence-corrected chi connectivity index (χ3v) is 4.93. The molecule has 0 radical (unpaired) electrons. The van der Waals surface area contributed by atoms with E-state index in [1.807, 2.05) is 6.92 Å². The fourth-order valence-electron chi connectivity index (χ4n) is 2.67. The summed E-state index contributed by atoms with van der Waals surface area (Å²) < 4.78 is 5.76. The molecule has 1 aliphatic rings. The number of aromatic nitrogens is 1. The maximum absolute atomic E-state index is 7.38. The number of hydrogen-bond donors (Lipinski definition) is 1. The molecule has 1 aliphatic heterocycles. The van der Waals surface area contributed by atoms with E-state index in [1.165, 1.54) is 32.1 Å². The summed E-state index contributed by atoms with van der Waals surface area (Å²) in [6, 6.07) is 2.10. The summed E-state index contributed by atoms with van der Waals surface area (Å²) in [6.07, 6.45) is 7.66. The van der Waals surface area contributed by atoms with Crippen LogP contribution in [0.4, 0.5) is 0 Å². The van der Waals surface area contributed by atoms with Crippen molar-refractivity contribution in [3.63, 3.8) is 0 Å². The quantitative estimate of drug-likeness (QED) is 0.443. The van der Waals surface area contributed by atoms with Gasteiger partial charge in [-0.25, -0.2) is 4.98 Å². The van der Waals surface area contributed by atoms with Gasteiger partial charge in [0.25, 0.3) is 0 Å². The van der Waals surface area contributed by atoms with Gasteiger partial charge in [0, 0.05) is 17.7 Å². The Bertz CT molecular complexity index is 527. The van der Waals surface area contributed by atoms with E-state index in [0.29, 0.717) is 0 Å². The van der Waals surface area contributed by atoms with Gasteiger partial charge in [-0.3, -0.25) is 0 Å². The maximum atomic E-state index is 7.38. The second-order valence-electron chi connectivity index (χ2n) is 8.42. The molecule has 0 aliphatic carbocycles. The Morgan fingerprint density at radius 3 is 2.19 bits per heavy atom. The molecular formula is C23H44NO2S+. The summed E-state index contributed by atoms with van der Waals surface area (Å²) in [5.41, 5.74) is 2.95. The Balaban J connectivity index is 0.000000514. The Hall–Kier alpha value is -0.740. The van der Waals surface area contributed by atoms with E-state index < -0.39 is 0 Å². The van der Waals surface area contributed by atoms with E-state index in [-0.39, 0.29) is 17.5 Å². The summed E-state index contributed by atoms with van der Waals surface area (Å²) in [5.74, 6) is 1.65. The number of aryl methyl sites for hydroxylation is 1. The number of thiol groups is 1. The van der Waals surface area contributed by atoms with Crippen LogP contribution in [-0.4, -0.2) is 22.3 Å². The molecular weight excluding hydrogens is 354 g/mol. The van der Waals surface area contributed by atoms with Crippen LogP contribution >= 0.6 is 12.6 Å². The molecule has 1 atom stereocenters. The third-order valence-electron chi connectivity index (χ3n) is 4.47. The van der Waals surface area contributed by atoms with Crippen molar-refractivity contribution in [1.82, 2.24) is 4.98 Å². The summed E-state index contributed by atoms with van der Waals surface area (Å²) >= 11 is 4.40. The van der Waals surface area contributed by atoms with Crippen molar-refractivity contribution in [2.24, 2.45) is 5.92 Å². The van der Waals surface area contributed by atoms with E-state index in [9.17, 15) is 0 Å². The monoisotopic (exact) mass is 398 g/mol. The third kappa shape index (κ3) is 10.4. The zero-order valence-corrected chi connectivity index (χ0v) is 19.9. The summed E-state index contributed by atoms with van der Waals surface area (Å²) in [5, 5.41) is 7.33. The minimum Gasteiger partial charge on any atom is -0.471 e. The second-order valence-corrected chi connectivity index (χ2v) is 9.05. The maximum Gasteiger partial charge on any atom is 0.217 e. The van der Waals surface area contributed by atoms with Crippen molar-refractivity contribution in [2.75, 3.05) is 6.61 Å². The zero-order chi connectivity index (χ0) is 21.0. The lowest BCUT2D eigenvalue weighted by Crippen LogP contribution is -2.24. The van der Waals surface area contributed by atoms with E-state index in [4.69, 9.17) is 9.84 Å². The van der Waals surface area contributed by atoms with Crippen LogP contribution in [0.1, 0.15) is 103 Å². The van der Waals surface area contributed by atoms with Crippen molar-refractivity contribution in [3.8, 4) is 5.88 Å². The number of pyridine rings is 1. The first-order valence-electron chi connectivity index (χ1n) is 10.6. The number of rotatable bonds is 6. The molecule has 2 heterocycles. The topological polar surface area (TPSA) is 45.0 Å². The smallest absolute Gasteiger partial charge is 0.217 e. The van der Waals surface area contributed by atoms with Gasteiger partial charge in [0.1, 0.15) is 5.60 Å². The lowest BCUT2D eigenvalue weighted by Gasteiger charge is -2.16. The van der Waals surface area contributed by atoms with E-state index in [2.05, 4.69) is 72.1 Å². The number of fused-ring (bicyclic) bond motifs is 1. The van der Waals surface area contributed by atoms with Gasteiger partial charge < -0.3 is 9.84 Å². The van der Waals surface area contributed by atoms with Crippen LogP contribution in [0.15, 0.2) is 6.07 Å². The normalized spacial score (nSPS) is 15.1. The Kier molecular flexibility index (Phi) is 13.1. The van der Waals surface area contributed by atoms with Gasteiger partial charge in [-0.1, -0.05) is 66.7 Å². The highest BCUT2D eigenvalue weighted by molar-refractivity contribution is 7.80. The molecule has 0 saturated carbocycles. The van der Waals surface area contributed by atoms with Gasteiger partial charge in [0.15, 0.2) is 6.61 Å². The van der Waals surface area contributed by atoms with Crippen LogP contribution in [0, 0.1) is 12.8 Å². The molecule has 0 spiro atoms. The molecule has 27 heavy (non-hydrogen) atoms. The average Bonchev–Trinajstić information content (AvgIpc) is 2.92. The molecule has 158 valence electrons. The lowest BCUT2D eigenvalue weighted by atomic mass is 10.00. The van der Waals surface area contributed by atoms with Crippen LogP contribution in [0.2, 0.25) is 0 Å². The van der Waals surface area contributed by atoms with Gasteiger partial charge in [-0.2, -0.15) is 12.6 Å². The molecule has 0 bridgehead atoms. The second kappa shape index (κ2) is 13.4. The minimum atomic E-state index is -0.159. The van der Waals surface area contributed by atoms with Gasteiger partial charge in [0.05, 0.1) is 5.25 Å². The number of unbranched alkanes of at least 4 members (excludes halogenated alkanes) is 2. The fraction of sp³-hybridized carbons (Fsp3) is 0.783. The first-order valence-corrected chi connectivity index (χ1v) is 11.1. The van der Waals surface area contributed by atoms with Crippen LogP contribution in [-0.2, 0) is 6.42 Å². The van der Waals surface area contributed by atoms with Gasteiger partial charge in [-0.05, 0) is 38.3 Å². The number of ether oxygens (including phenoxy) is 1. The average molecular weight is 399 g/mol. The highest BCUT2D eigenvalue weighted by Crippen LogP contribution is 2.36. The molecule has 2 N–H and O–H groups in total. The van der Waals surface area contributed by atoms with Crippen molar-refractivity contribution in [3.05, 3.63) is 22.9 Å². The molecule has 2 rings (SSSR count). The summed E-state index contributed by atoms with van der Waals surface area (Å²) in [7, 11) is 0. The Morgan fingerprint density at radius 1 is 1.19 bits per heavy atom. The van der Waals surface area contributed by atoms with E-state index in [1.54, 1.807) is 0 Å². The van der Waals surface area contributed by atoms with E-state index >= 15 is 0 Å². The Morgan fingerprint density at radius 2 is 1.78 bits per heavy atom. The molecule has 0 fully saturated rings. The first kappa shape index (κ1) is 26.3. The molecule has 1 unspecified atom stereocenters. The molecule has 1 aromatic rings. The summed E-state index contributed by atoms with van der Waals surface area (Å²) in [6.45, 7) is 17.5. The van der Waals surface area contributed by atoms with E-state index in [0.717, 1.165) is 35.0 Å². The van der Waals surface area contributed by atoms with Gasteiger partial charge in [0.2, 0.25) is 5.88 Å². The highest BCUT2D eigenvalue weighted by atomic mass is 32.1. The lowest BCUT2D eigenvalue weighted by molar-refractivity contribution is 0.133. The van der Waals surface area contributed by atoms with Crippen molar-refractivity contribution >= 4 is 12.6 Å². The number of nitrogens with zero attached hydrogens (tertiary/aromatic N) is 1. The van der Waals surface area contributed by atoms with Gasteiger partial charge >= 0.3 is 0 Å². The van der Waals surface area contributed by atoms with Crippen LogP contribution in [0.5, 0.6) is 5.88 Å². The zero-order valence-electron chi connectivity index (χ0n) is 19.0. The predicted octanol–water partition coefficient (Wildman–Crippen LogP) is 6.44. The Labute approximate surface area is 173 Å². The molecule has 0 amide bonds. The first-order chi connectivity index (χ1) is 12.6. The molecule has 0 saturated heterocycles. The van der Waals surface area contributed by atoms with Crippen LogP contribution < -0.4 is 4.74 Å². The molecule has 1 aromatic heterocycles. The molecule has 4 heteroatoms. The largest absolute Gasteiger partial charge is 0.471 e. The predicted molar refractivity (Wildman–Crippen MR) is 123 cm³/mol.